The average molecular weight is 435 g/mol. The first-order valence-corrected chi connectivity index (χ1v) is 10.5. The molecule has 3 N–H and O–H groups in total. The Balaban J connectivity index is 1.73. The van der Waals surface area contributed by atoms with Crippen LogP contribution in [-0.2, 0) is 7.05 Å². The number of nitrogens with one attached hydrogen (secondary N) is 3. The largest absolute Gasteiger partial charge is 0.494 e. The fraction of sp³-hybridized carbons (Fsp3) is 0.304. The van der Waals surface area contributed by atoms with E-state index in [1.165, 1.54) is 6.20 Å². The minimum atomic E-state index is -0.279. The highest BCUT2D eigenvalue weighted by molar-refractivity contribution is 6.02. The lowest BCUT2D eigenvalue weighted by atomic mass is 10.1. The monoisotopic (exact) mass is 434 g/mol. The first-order chi connectivity index (χ1) is 15.5. The molecule has 4 rings (SSSR count). The van der Waals surface area contributed by atoms with E-state index in [1.807, 2.05) is 38.4 Å². The zero-order valence-corrected chi connectivity index (χ0v) is 18.3. The summed E-state index contributed by atoms with van der Waals surface area (Å²) in [7, 11) is 3.44. The molecule has 0 radical (unpaired) electrons. The van der Waals surface area contributed by atoms with Gasteiger partial charge in [-0.2, -0.15) is 5.10 Å². The number of nitrogens with zero attached hydrogens (tertiary/aromatic N) is 3. The lowest BCUT2D eigenvalue weighted by Crippen LogP contribution is -2.27. The summed E-state index contributed by atoms with van der Waals surface area (Å²) >= 11 is 0. The van der Waals surface area contributed by atoms with Crippen LogP contribution in [0.4, 0.5) is 11.4 Å². The van der Waals surface area contributed by atoms with Crippen LogP contribution in [0, 0.1) is 0 Å². The maximum atomic E-state index is 12.6. The fourth-order valence-corrected chi connectivity index (χ4v) is 3.39. The van der Waals surface area contributed by atoms with Gasteiger partial charge in [-0.1, -0.05) is 12.1 Å². The van der Waals surface area contributed by atoms with E-state index < -0.39 is 0 Å². The van der Waals surface area contributed by atoms with Gasteiger partial charge in [0.25, 0.3) is 11.8 Å². The van der Waals surface area contributed by atoms with Crippen molar-refractivity contribution in [2.45, 2.75) is 25.8 Å². The molecule has 1 aliphatic rings. The normalized spacial score (nSPS) is 12.8. The van der Waals surface area contributed by atoms with Crippen molar-refractivity contribution >= 4 is 23.2 Å². The van der Waals surface area contributed by atoms with Crippen molar-refractivity contribution in [2.75, 3.05) is 19.0 Å². The van der Waals surface area contributed by atoms with Crippen LogP contribution in [-0.4, -0.2) is 46.3 Å². The molecular formula is C23H26N6O3. The summed E-state index contributed by atoms with van der Waals surface area (Å²) in [5.74, 6) is 0.0660. The lowest BCUT2D eigenvalue weighted by molar-refractivity contribution is 0.0937. The number of rotatable bonds is 8. The van der Waals surface area contributed by atoms with Gasteiger partial charge in [0.1, 0.15) is 11.4 Å². The number of methoxy groups -OCH3 is 1. The molecule has 0 unspecified atom stereocenters. The van der Waals surface area contributed by atoms with Crippen LogP contribution in [0.5, 0.6) is 5.75 Å². The van der Waals surface area contributed by atoms with Crippen LogP contribution >= 0.6 is 0 Å². The Morgan fingerprint density at radius 2 is 2.00 bits per heavy atom. The predicted octanol–water partition coefficient (Wildman–Crippen LogP) is 2.88. The van der Waals surface area contributed by atoms with Crippen molar-refractivity contribution in [3.63, 3.8) is 0 Å². The molecule has 32 heavy (non-hydrogen) atoms. The molecular weight excluding hydrogens is 408 g/mol. The smallest absolute Gasteiger partial charge is 0.270 e. The fourth-order valence-electron chi connectivity index (χ4n) is 3.39. The third kappa shape index (κ3) is 4.56. The summed E-state index contributed by atoms with van der Waals surface area (Å²) in [6.07, 6.45) is 7.04. The number of amides is 2. The molecule has 1 fully saturated rings. The SMILES string of the molecule is CCNC(=O)c1cnc(C(=O)NC2CC2)cc1Nc1cccc(-c2cnn(C)c2)c1OC. The van der Waals surface area contributed by atoms with Crippen LogP contribution in [0.15, 0.2) is 42.9 Å². The molecule has 0 aliphatic heterocycles. The second-order valence-electron chi connectivity index (χ2n) is 7.64. The van der Waals surface area contributed by atoms with Gasteiger partial charge in [-0.3, -0.25) is 19.3 Å². The molecule has 2 amide bonds. The first-order valence-electron chi connectivity index (χ1n) is 10.5. The maximum absolute atomic E-state index is 12.6. The number of hydrogen-bond donors (Lipinski definition) is 3. The molecule has 9 nitrogen and oxygen atoms in total. The topological polar surface area (TPSA) is 110 Å². The summed E-state index contributed by atoms with van der Waals surface area (Å²) in [5, 5.41) is 13.2. The number of carbonyl (C=O) groups excluding carboxylic acids is 2. The minimum absolute atomic E-state index is 0.208. The van der Waals surface area contributed by atoms with E-state index >= 15 is 0 Å². The van der Waals surface area contributed by atoms with Gasteiger partial charge < -0.3 is 20.7 Å². The molecule has 1 aliphatic carbocycles. The average Bonchev–Trinajstić information content (AvgIpc) is 3.50. The summed E-state index contributed by atoms with van der Waals surface area (Å²) in [6, 6.07) is 7.48. The van der Waals surface area contributed by atoms with Crippen molar-refractivity contribution in [1.29, 1.82) is 0 Å². The Morgan fingerprint density at radius 3 is 2.66 bits per heavy atom. The standard InChI is InChI=1S/C23H26N6O3/c1-4-24-22(30)17-12-25-20(23(31)27-15-8-9-15)10-19(17)28-18-7-5-6-16(21(18)32-3)14-11-26-29(2)13-14/h5-7,10-13,15H,4,8-9H2,1-3H3,(H,24,30)(H,25,28)(H,27,31). The van der Waals surface area contributed by atoms with E-state index in [2.05, 4.69) is 26.0 Å². The molecule has 0 bridgehead atoms. The number of aryl methyl sites for hydroxylation is 1. The number of ether oxygens (including phenoxy) is 1. The number of hydrogen-bond acceptors (Lipinski definition) is 6. The number of aromatic nitrogens is 3. The molecule has 2 aromatic heterocycles. The Morgan fingerprint density at radius 1 is 1.19 bits per heavy atom. The van der Waals surface area contributed by atoms with Crippen molar-refractivity contribution in [3.8, 4) is 16.9 Å². The summed E-state index contributed by atoms with van der Waals surface area (Å²) in [4.78, 5) is 29.4. The summed E-state index contributed by atoms with van der Waals surface area (Å²) in [5.41, 5.74) is 3.45. The molecule has 0 atom stereocenters. The van der Waals surface area contributed by atoms with E-state index in [1.54, 1.807) is 24.1 Å². The second kappa shape index (κ2) is 9.09. The molecule has 1 saturated carbocycles. The molecule has 1 aromatic carbocycles. The van der Waals surface area contributed by atoms with Crippen LogP contribution in [0.3, 0.4) is 0 Å². The van der Waals surface area contributed by atoms with E-state index in [-0.39, 0.29) is 23.6 Å². The zero-order chi connectivity index (χ0) is 22.7. The quantitative estimate of drug-likeness (QED) is 0.503. The van der Waals surface area contributed by atoms with Crippen molar-refractivity contribution in [3.05, 3.63) is 54.1 Å². The number of benzene rings is 1. The number of anilines is 2. The Kier molecular flexibility index (Phi) is 6.07. The predicted molar refractivity (Wildman–Crippen MR) is 121 cm³/mol. The molecule has 9 heteroatoms. The van der Waals surface area contributed by atoms with Crippen LogP contribution in [0.2, 0.25) is 0 Å². The molecule has 3 aromatic rings. The highest BCUT2D eigenvalue weighted by atomic mass is 16.5. The highest BCUT2D eigenvalue weighted by Crippen LogP contribution is 2.38. The Labute approximate surface area is 186 Å². The van der Waals surface area contributed by atoms with Gasteiger partial charge in [0.05, 0.1) is 30.2 Å². The number of carbonyl (C=O) groups is 2. The third-order valence-corrected chi connectivity index (χ3v) is 5.14. The van der Waals surface area contributed by atoms with Gasteiger partial charge in [-0.05, 0) is 31.9 Å². The number of para-hydroxylation sites is 1. The van der Waals surface area contributed by atoms with Gasteiger partial charge >= 0.3 is 0 Å². The van der Waals surface area contributed by atoms with E-state index in [9.17, 15) is 9.59 Å². The van der Waals surface area contributed by atoms with Crippen molar-refractivity contribution in [1.82, 2.24) is 25.4 Å². The zero-order valence-electron chi connectivity index (χ0n) is 18.3. The highest BCUT2D eigenvalue weighted by Gasteiger charge is 2.25. The van der Waals surface area contributed by atoms with Crippen LogP contribution < -0.4 is 20.7 Å². The minimum Gasteiger partial charge on any atom is -0.494 e. The Bertz CT molecular complexity index is 1150. The molecule has 2 heterocycles. The maximum Gasteiger partial charge on any atom is 0.270 e. The van der Waals surface area contributed by atoms with Crippen LogP contribution in [0.25, 0.3) is 11.1 Å². The van der Waals surface area contributed by atoms with E-state index in [0.29, 0.717) is 29.2 Å². The van der Waals surface area contributed by atoms with Gasteiger partial charge in [0.15, 0.2) is 0 Å². The van der Waals surface area contributed by atoms with E-state index in [0.717, 1.165) is 24.0 Å². The van der Waals surface area contributed by atoms with Crippen LogP contribution in [0.1, 0.15) is 40.6 Å². The van der Waals surface area contributed by atoms with Gasteiger partial charge in [0.2, 0.25) is 0 Å². The second-order valence-corrected chi connectivity index (χ2v) is 7.64. The molecule has 166 valence electrons. The lowest BCUT2D eigenvalue weighted by Gasteiger charge is -2.17. The molecule has 0 saturated heterocycles. The third-order valence-electron chi connectivity index (χ3n) is 5.14. The van der Waals surface area contributed by atoms with Crippen molar-refractivity contribution < 1.29 is 14.3 Å². The van der Waals surface area contributed by atoms with Gasteiger partial charge in [-0.25, -0.2) is 0 Å². The van der Waals surface area contributed by atoms with E-state index in [4.69, 9.17) is 4.74 Å². The van der Waals surface area contributed by atoms with Gasteiger partial charge in [0, 0.05) is 43.2 Å². The van der Waals surface area contributed by atoms with Gasteiger partial charge in [-0.15, -0.1) is 0 Å². The molecule has 0 spiro atoms. The first kappa shape index (κ1) is 21.4. The summed E-state index contributed by atoms with van der Waals surface area (Å²) in [6.45, 7) is 2.32. The Hall–Kier alpha value is -3.88. The van der Waals surface area contributed by atoms with Crippen molar-refractivity contribution in [2.24, 2.45) is 7.05 Å². The number of pyridine rings is 1. The summed E-state index contributed by atoms with van der Waals surface area (Å²) < 4.78 is 7.42.